The standard InChI is InChI=1S/C25H19N5O5S/c1-15-5-11-18(12-6-15)36(34,35)30-14-26-23-19(3-2-4-22(23)30)20-13-21(28-29-24(20)31)16-7-9-17(10-8-16)27-25(32)33/h2-14,27H,1H3,(H,29,31)(H,32,33). The summed E-state index contributed by atoms with van der Waals surface area (Å²) in [5, 5.41) is 17.7. The molecule has 0 saturated carbocycles. The fourth-order valence-corrected chi connectivity index (χ4v) is 5.14. The molecule has 3 aromatic carbocycles. The summed E-state index contributed by atoms with van der Waals surface area (Å²) in [5.74, 6) is 0. The van der Waals surface area contributed by atoms with Crippen LogP contribution in [0.25, 0.3) is 33.4 Å². The number of anilines is 1. The van der Waals surface area contributed by atoms with Crippen molar-refractivity contribution in [1.82, 2.24) is 19.2 Å². The normalized spacial score (nSPS) is 11.5. The molecular weight excluding hydrogens is 482 g/mol. The molecule has 0 aliphatic carbocycles. The van der Waals surface area contributed by atoms with Gasteiger partial charge in [-0.25, -0.2) is 27.3 Å². The lowest BCUT2D eigenvalue weighted by Gasteiger charge is -2.08. The van der Waals surface area contributed by atoms with E-state index in [4.69, 9.17) is 5.11 Å². The number of aromatic nitrogens is 4. The molecule has 0 bridgehead atoms. The first-order chi connectivity index (χ1) is 17.2. The highest BCUT2D eigenvalue weighted by molar-refractivity contribution is 7.90. The number of H-pyrrole nitrogens is 1. The third kappa shape index (κ3) is 4.12. The number of amides is 1. The molecule has 3 N–H and O–H groups in total. The topological polar surface area (TPSA) is 147 Å². The molecule has 0 fully saturated rings. The average molecular weight is 502 g/mol. The quantitative estimate of drug-likeness (QED) is 0.329. The molecule has 1 amide bonds. The van der Waals surface area contributed by atoms with Crippen LogP contribution in [0.3, 0.4) is 0 Å². The smallest absolute Gasteiger partial charge is 0.409 e. The lowest BCUT2D eigenvalue weighted by molar-refractivity contribution is 0.209. The van der Waals surface area contributed by atoms with Crippen LogP contribution in [-0.4, -0.2) is 38.8 Å². The fourth-order valence-electron chi connectivity index (χ4n) is 3.85. The predicted octanol–water partition coefficient (Wildman–Crippen LogP) is 4.09. The van der Waals surface area contributed by atoms with E-state index in [1.54, 1.807) is 60.7 Å². The Morgan fingerprint density at radius 2 is 1.72 bits per heavy atom. The van der Waals surface area contributed by atoms with Crippen molar-refractivity contribution in [3.8, 4) is 22.4 Å². The van der Waals surface area contributed by atoms with E-state index in [-0.39, 0.29) is 10.5 Å². The molecule has 0 unspecified atom stereocenters. The van der Waals surface area contributed by atoms with Gasteiger partial charge in [-0.2, -0.15) is 5.10 Å². The van der Waals surface area contributed by atoms with Crippen LogP contribution in [0.2, 0.25) is 0 Å². The minimum atomic E-state index is -3.90. The Bertz CT molecular complexity index is 1770. The number of para-hydroxylation sites is 1. The van der Waals surface area contributed by atoms with E-state index in [9.17, 15) is 18.0 Å². The van der Waals surface area contributed by atoms with Gasteiger partial charge in [0.05, 0.1) is 27.2 Å². The van der Waals surface area contributed by atoms with Crippen LogP contribution in [-0.2, 0) is 10.0 Å². The van der Waals surface area contributed by atoms with Crippen LogP contribution in [0.15, 0.2) is 88.8 Å². The Morgan fingerprint density at radius 3 is 2.42 bits per heavy atom. The summed E-state index contributed by atoms with van der Waals surface area (Å²) >= 11 is 0. The van der Waals surface area contributed by atoms with Crippen molar-refractivity contribution in [2.45, 2.75) is 11.8 Å². The van der Waals surface area contributed by atoms with Crippen molar-refractivity contribution in [2.75, 3.05) is 5.32 Å². The summed E-state index contributed by atoms with van der Waals surface area (Å²) in [6, 6.07) is 19.6. The van der Waals surface area contributed by atoms with Gasteiger partial charge in [-0.15, -0.1) is 0 Å². The largest absolute Gasteiger partial charge is 0.465 e. The Labute approximate surface area is 204 Å². The summed E-state index contributed by atoms with van der Waals surface area (Å²) < 4.78 is 27.6. The second kappa shape index (κ2) is 8.78. The van der Waals surface area contributed by atoms with Gasteiger partial charge in [0.25, 0.3) is 15.6 Å². The summed E-state index contributed by atoms with van der Waals surface area (Å²) in [7, 11) is -3.90. The number of rotatable bonds is 5. The molecule has 0 spiro atoms. The van der Waals surface area contributed by atoms with Crippen LogP contribution in [0, 0.1) is 6.92 Å². The van der Waals surface area contributed by atoms with Crippen LogP contribution >= 0.6 is 0 Å². The van der Waals surface area contributed by atoms with Gasteiger partial charge in [0.1, 0.15) is 6.33 Å². The number of hydrogen-bond donors (Lipinski definition) is 3. The van der Waals surface area contributed by atoms with E-state index >= 15 is 0 Å². The minimum absolute atomic E-state index is 0.127. The van der Waals surface area contributed by atoms with E-state index in [1.165, 1.54) is 18.5 Å². The Hall–Kier alpha value is -4.77. The van der Waals surface area contributed by atoms with Crippen molar-refractivity contribution in [3.05, 3.63) is 95.0 Å². The molecule has 0 atom stereocenters. The fraction of sp³-hybridized carbons (Fsp3) is 0.0400. The minimum Gasteiger partial charge on any atom is -0.465 e. The van der Waals surface area contributed by atoms with E-state index in [1.807, 2.05) is 6.92 Å². The van der Waals surface area contributed by atoms with Crippen molar-refractivity contribution in [2.24, 2.45) is 0 Å². The SMILES string of the molecule is Cc1ccc(S(=O)(=O)n2cnc3c(-c4cc(-c5ccc(NC(=O)O)cc5)n[nH]c4=O)cccc32)cc1. The molecule has 2 heterocycles. The van der Waals surface area contributed by atoms with Crippen molar-refractivity contribution < 1.29 is 18.3 Å². The number of nitrogens with one attached hydrogen (secondary N) is 2. The highest BCUT2D eigenvalue weighted by Crippen LogP contribution is 2.29. The number of carboxylic acid groups (broad SMARTS) is 1. The lowest BCUT2D eigenvalue weighted by atomic mass is 10.0. The summed E-state index contributed by atoms with van der Waals surface area (Å²) in [4.78, 5) is 28.0. The van der Waals surface area contributed by atoms with Gasteiger partial charge < -0.3 is 5.11 Å². The predicted molar refractivity (Wildman–Crippen MR) is 134 cm³/mol. The number of imidazole rings is 1. The summed E-state index contributed by atoms with van der Waals surface area (Å²) in [6.45, 7) is 1.87. The van der Waals surface area contributed by atoms with Gasteiger partial charge in [0.15, 0.2) is 0 Å². The van der Waals surface area contributed by atoms with Crippen LogP contribution in [0.1, 0.15) is 5.56 Å². The first-order valence-electron chi connectivity index (χ1n) is 10.7. The molecular formula is C25H19N5O5S. The molecule has 5 aromatic rings. The van der Waals surface area contributed by atoms with Gasteiger partial charge in [0.2, 0.25) is 0 Å². The van der Waals surface area contributed by atoms with Crippen LogP contribution in [0.4, 0.5) is 10.5 Å². The Morgan fingerprint density at radius 1 is 1.00 bits per heavy atom. The molecule has 0 aliphatic rings. The zero-order chi connectivity index (χ0) is 25.4. The zero-order valence-corrected chi connectivity index (χ0v) is 19.7. The number of benzene rings is 3. The second-order valence-electron chi connectivity index (χ2n) is 8.04. The van der Waals surface area contributed by atoms with Gasteiger partial charge in [-0.3, -0.25) is 10.1 Å². The Balaban J connectivity index is 1.59. The van der Waals surface area contributed by atoms with E-state index in [2.05, 4.69) is 20.5 Å². The molecule has 0 radical (unpaired) electrons. The van der Waals surface area contributed by atoms with Crippen molar-refractivity contribution >= 4 is 32.8 Å². The van der Waals surface area contributed by atoms with E-state index < -0.39 is 21.7 Å². The number of fused-ring (bicyclic) bond motifs is 1. The van der Waals surface area contributed by atoms with Crippen molar-refractivity contribution in [3.63, 3.8) is 0 Å². The maximum atomic E-state index is 13.3. The Kier molecular flexibility index (Phi) is 5.61. The molecule has 2 aromatic heterocycles. The van der Waals surface area contributed by atoms with Gasteiger partial charge in [-0.1, -0.05) is 42.0 Å². The maximum absolute atomic E-state index is 13.3. The molecule has 0 saturated heterocycles. The van der Waals surface area contributed by atoms with Gasteiger partial charge in [0, 0.05) is 16.8 Å². The van der Waals surface area contributed by atoms with Gasteiger partial charge >= 0.3 is 6.09 Å². The monoisotopic (exact) mass is 501 g/mol. The number of aryl methyl sites for hydroxylation is 1. The van der Waals surface area contributed by atoms with Crippen LogP contribution < -0.4 is 10.9 Å². The second-order valence-corrected chi connectivity index (χ2v) is 9.85. The first-order valence-corrected chi connectivity index (χ1v) is 12.2. The molecule has 5 rings (SSSR count). The highest BCUT2D eigenvalue weighted by atomic mass is 32.2. The number of aromatic amines is 1. The van der Waals surface area contributed by atoms with E-state index in [0.717, 1.165) is 9.54 Å². The molecule has 10 nitrogen and oxygen atoms in total. The molecule has 11 heteroatoms. The third-order valence-electron chi connectivity index (χ3n) is 5.65. The highest BCUT2D eigenvalue weighted by Gasteiger charge is 2.21. The maximum Gasteiger partial charge on any atom is 0.409 e. The molecule has 180 valence electrons. The number of nitrogens with zero attached hydrogens (tertiary/aromatic N) is 3. The molecule has 0 aliphatic heterocycles. The summed E-state index contributed by atoms with van der Waals surface area (Å²) in [5.41, 5.74) is 3.32. The number of carbonyl (C=O) groups is 1. The zero-order valence-electron chi connectivity index (χ0n) is 18.8. The lowest BCUT2D eigenvalue weighted by Crippen LogP contribution is -2.12. The molecule has 36 heavy (non-hydrogen) atoms. The van der Waals surface area contributed by atoms with Crippen LogP contribution in [0.5, 0.6) is 0 Å². The first kappa shape index (κ1) is 23.0. The summed E-state index contributed by atoms with van der Waals surface area (Å²) in [6.07, 6.45) is 0.0532. The average Bonchev–Trinajstić information content (AvgIpc) is 3.30. The van der Waals surface area contributed by atoms with E-state index in [0.29, 0.717) is 33.5 Å². The van der Waals surface area contributed by atoms with Gasteiger partial charge in [-0.05, 0) is 43.3 Å². The van der Waals surface area contributed by atoms with Crippen molar-refractivity contribution in [1.29, 1.82) is 0 Å². The third-order valence-corrected chi connectivity index (χ3v) is 7.32. The number of hydrogen-bond acceptors (Lipinski definition) is 6.